The highest BCUT2D eigenvalue weighted by atomic mass is 19.1. The Hall–Kier alpha value is -3.29. The Morgan fingerprint density at radius 3 is 2.72 bits per heavy atom. The fraction of sp³-hybridized carbons (Fsp3) is 0.176. The lowest BCUT2D eigenvalue weighted by Crippen LogP contribution is -2.03. The van der Waals surface area contributed by atoms with Crippen LogP contribution in [-0.4, -0.2) is 24.9 Å². The van der Waals surface area contributed by atoms with Gasteiger partial charge in [0.15, 0.2) is 0 Å². The molecule has 0 atom stereocenters. The van der Waals surface area contributed by atoms with E-state index in [1.807, 2.05) is 20.0 Å². The zero-order chi connectivity index (χ0) is 17.4. The maximum Gasteiger partial charge on any atom is 0.263 e. The molecule has 3 aromatic heterocycles. The van der Waals surface area contributed by atoms with Crippen molar-refractivity contribution in [2.45, 2.75) is 20.4 Å². The molecule has 4 aromatic rings. The first-order valence-electron chi connectivity index (χ1n) is 7.74. The minimum absolute atomic E-state index is 0.272. The molecule has 0 bridgehead atoms. The van der Waals surface area contributed by atoms with Gasteiger partial charge in [-0.15, -0.1) is 0 Å². The second kappa shape index (κ2) is 5.97. The number of benzene rings is 1. The molecule has 0 spiro atoms. The monoisotopic (exact) mass is 338 g/mol. The van der Waals surface area contributed by atoms with E-state index in [-0.39, 0.29) is 5.82 Å². The summed E-state index contributed by atoms with van der Waals surface area (Å²) >= 11 is 0. The second-order valence-electron chi connectivity index (χ2n) is 5.68. The predicted molar refractivity (Wildman–Crippen MR) is 89.9 cm³/mol. The van der Waals surface area contributed by atoms with E-state index < -0.39 is 0 Å². The molecule has 126 valence electrons. The number of aryl methyl sites for hydroxylation is 2. The molecule has 0 aliphatic heterocycles. The van der Waals surface area contributed by atoms with Crippen LogP contribution in [0, 0.1) is 19.7 Å². The summed E-state index contributed by atoms with van der Waals surface area (Å²) < 4.78 is 19.9. The first-order valence-corrected chi connectivity index (χ1v) is 7.74. The fourth-order valence-corrected chi connectivity index (χ4v) is 2.63. The number of hydrogen-bond acceptors (Lipinski definition) is 6. The summed E-state index contributed by atoms with van der Waals surface area (Å²) in [5.41, 5.74) is 3.87. The van der Waals surface area contributed by atoms with E-state index in [0.717, 1.165) is 28.0 Å². The lowest BCUT2D eigenvalue weighted by atomic mass is 10.2. The van der Waals surface area contributed by atoms with Gasteiger partial charge in [0, 0.05) is 18.3 Å². The number of fused-ring (bicyclic) bond motifs is 1. The van der Waals surface area contributed by atoms with Crippen molar-refractivity contribution in [3.8, 4) is 5.69 Å². The van der Waals surface area contributed by atoms with Crippen LogP contribution in [0.2, 0.25) is 0 Å². The molecule has 4 rings (SSSR count). The molecule has 25 heavy (non-hydrogen) atoms. The van der Waals surface area contributed by atoms with Crippen molar-refractivity contribution in [2.75, 3.05) is 5.32 Å². The molecule has 0 aliphatic carbocycles. The summed E-state index contributed by atoms with van der Waals surface area (Å²) in [6.45, 7) is 4.30. The van der Waals surface area contributed by atoms with Gasteiger partial charge in [-0.2, -0.15) is 10.1 Å². The normalized spacial score (nSPS) is 11.2. The number of hydrogen-bond donors (Lipinski definition) is 1. The van der Waals surface area contributed by atoms with E-state index in [4.69, 9.17) is 4.52 Å². The Bertz CT molecular complexity index is 1040. The Morgan fingerprint density at radius 1 is 1.12 bits per heavy atom. The summed E-state index contributed by atoms with van der Waals surface area (Å²) in [6.07, 6.45) is 3.35. The topological polar surface area (TPSA) is 81.7 Å². The average molecular weight is 338 g/mol. The van der Waals surface area contributed by atoms with Gasteiger partial charge in [-0.3, -0.25) is 0 Å². The number of nitrogens with one attached hydrogen (secondary N) is 1. The van der Waals surface area contributed by atoms with E-state index in [9.17, 15) is 4.39 Å². The quantitative estimate of drug-likeness (QED) is 0.615. The SMILES string of the molecule is Cc1nn(-c2ccc(F)cc2)cc1CNc1ncnc2onc(C)c12. The molecule has 0 unspecified atom stereocenters. The van der Waals surface area contributed by atoms with Crippen LogP contribution < -0.4 is 5.32 Å². The zero-order valence-electron chi connectivity index (χ0n) is 13.7. The molecule has 1 N–H and O–H groups in total. The average Bonchev–Trinajstić information content (AvgIpc) is 3.17. The minimum atomic E-state index is -0.272. The number of halogens is 1. The van der Waals surface area contributed by atoms with Crippen molar-refractivity contribution in [3.05, 3.63) is 59.6 Å². The van der Waals surface area contributed by atoms with E-state index in [0.29, 0.717) is 18.1 Å². The van der Waals surface area contributed by atoms with Gasteiger partial charge in [0.25, 0.3) is 5.71 Å². The van der Waals surface area contributed by atoms with Crippen LogP contribution in [0.5, 0.6) is 0 Å². The fourth-order valence-electron chi connectivity index (χ4n) is 2.63. The molecule has 8 heteroatoms. The number of nitrogens with zero attached hydrogens (tertiary/aromatic N) is 5. The summed E-state index contributed by atoms with van der Waals surface area (Å²) in [5.74, 6) is 0.393. The van der Waals surface area contributed by atoms with E-state index in [1.54, 1.807) is 16.8 Å². The smallest absolute Gasteiger partial charge is 0.263 e. The van der Waals surface area contributed by atoms with Crippen LogP contribution in [-0.2, 0) is 6.54 Å². The largest absolute Gasteiger partial charge is 0.365 e. The molecule has 1 aromatic carbocycles. The number of aromatic nitrogens is 5. The van der Waals surface area contributed by atoms with Crippen LogP contribution in [0.1, 0.15) is 17.0 Å². The molecule has 0 amide bonds. The number of anilines is 1. The van der Waals surface area contributed by atoms with Crippen LogP contribution >= 0.6 is 0 Å². The predicted octanol–water partition coefficient (Wildman–Crippen LogP) is 3.17. The summed E-state index contributed by atoms with van der Waals surface area (Å²) in [7, 11) is 0. The summed E-state index contributed by atoms with van der Waals surface area (Å²) in [4.78, 5) is 8.33. The summed E-state index contributed by atoms with van der Waals surface area (Å²) in [5, 5.41) is 12.4. The third-order valence-electron chi connectivity index (χ3n) is 3.98. The lowest BCUT2D eigenvalue weighted by Gasteiger charge is -2.05. The molecule has 3 heterocycles. The molecule has 7 nitrogen and oxygen atoms in total. The highest BCUT2D eigenvalue weighted by molar-refractivity contribution is 5.87. The molecule has 0 fully saturated rings. The van der Waals surface area contributed by atoms with Gasteiger partial charge in [0.1, 0.15) is 23.3 Å². The zero-order valence-corrected chi connectivity index (χ0v) is 13.7. The third-order valence-corrected chi connectivity index (χ3v) is 3.98. The van der Waals surface area contributed by atoms with Gasteiger partial charge in [-0.1, -0.05) is 5.16 Å². The van der Waals surface area contributed by atoms with Crippen LogP contribution in [0.4, 0.5) is 10.2 Å². The van der Waals surface area contributed by atoms with Crippen molar-refractivity contribution in [2.24, 2.45) is 0 Å². The molecular formula is C17H15FN6O. The van der Waals surface area contributed by atoms with E-state index >= 15 is 0 Å². The van der Waals surface area contributed by atoms with Crippen molar-refractivity contribution in [3.63, 3.8) is 0 Å². The van der Waals surface area contributed by atoms with Gasteiger partial charge < -0.3 is 9.84 Å². The van der Waals surface area contributed by atoms with Gasteiger partial charge in [-0.05, 0) is 38.1 Å². The van der Waals surface area contributed by atoms with Gasteiger partial charge in [0.05, 0.1) is 17.1 Å². The van der Waals surface area contributed by atoms with Crippen molar-refractivity contribution >= 4 is 16.9 Å². The minimum Gasteiger partial charge on any atom is -0.365 e. The van der Waals surface area contributed by atoms with Crippen molar-refractivity contribution in [1.29, 1.82) is 0 Å². The van der Waals surface area contributed by atoms with Crippen molar-refractivity contribution < 1.29 is 8.91 Å². The molecule has 0 radical (unpaired) electrons. The lowest BCUT2D eigenvalue weighted by molar-refractivity contribution is 0.442. The summed E-state index contributed by atoms with van der Waals surface area (Å²) in [6, 6.07) is 6.20. The second-order valence-corrected chi connectivity index (χ2v) is 5.68. The molecular weight excluding hydrogens is 323 g/mol. The van der Waals surface area contributed by atoms with Crippen LogP contribution in [0.3, 0.4) is 0 Å². The highest BCUT2D eigenvalue weighted by Crippen LogP contribution is 2.23. The third kappa shape index (κ3) is 2.82. The van der Waals surface area contributed by atoms with Gasteiger partial charge >= 0.3 is 0 Å². The van der Waals surface area contributed by atoms with Crippen LogP contribution in [0.15, 0.2) is 41.3 Å². The molecule has 0 saturated heterocycles. The molecule has 0 aliphatic rings. The Kier molecular flexibility index (Phi) is 3.64. The first kappa shape index (κ1) is 15.3. The number of rotatable bonds is 4. The van der Waals surface area contributed by atoms with Gasteiger partial charge in [-0.25, -0.2) is 14.1 Å². The Labute approximate surface area is 142 Å². The highest BCUT2D eigenvalue weighted by Gasteiger charge is 2.13. The van der Waals surface area contributed by atoms with Crippen molar-refractivity contribution in [1.82, 2.24) is 24.9 Å². The Morgan fingerprint density at radius 2 is 1.92 bits per heavy atom. The first-order chi connectivity index (χ1) is 12.1. The Balaban J connectivity index is 1.59. The van der Waals surface area contributed by atoms with Crippen LogP contribution in [0.25, 0.3) is 16.8 Å². The standard InChI is InChI=1S/C17H15FN6O/c1-10-12(8-24(22-10)14-5-3-13(18)4-6-14)7-19-16-15-11(2)23-25-17(15)21-9-20-16/h3-6,8-9H,7H2,1-2H3,(H,19,20,21). The van der Waals surface area contributed by atoms with E-state index in [2.05, 4.69) is 25.5 Å². The van der Waals surface area contributed by atoms with E-state index in [1.165, 1.54) is 18.5 Å². The maximum atomic E-state index is 13.1. The molecule has 0 saturated carbocycles. The van der Waals surface area contributed by atoms with Gasteiger partial charge in [0.2, 0.25) is 0 Å². The maximum absolute atomic E-state index is 13.1.